The molecule has 0 spiro atoms. The van der Waals surface area contributed by atoms with E-state index in [0.717, 1.165) is 25.7 Å². The van der Waals surface area contributed by atoms with Gasteiger partial charge < -0.3 is 9.26 Å². The Morgan fingerprint density at radius 1 is 1.50 bits per heavy atom. The maximum atomic E-state index is 5.75. The highest BCUT2D eigenvalue weighted by atomic mass is 35.5. The van der Waals surface area contributed by atoms with Crippen LogP contribution in [0.3, 0.4) is 0 Å². The van der Waals surface area contributed by atoms with Gasteiger partial charge in [0, 0.05) is 6.61 Å². The summed E-state index contributed by atoms with van der Waals surface area (Å²) in [4.78, 5) is 4.05. The highest BCUT2D eigenvalue weighted by Crippen LogP contribution is 2.40. The monoisotopic (exact) mass is 216 g/mol. The molecule has 1 heterocycles. The first kappa shape index (κ1) is 9.93. The van der Waals surface area contributed by atoms with Gasteiger partial charge in [-0.3, -0.25) is 0 Å². The van der Waals surface area contributed by atoms with Crippen molar-refractivity contribution in [3.05, 3.63) is 11.2 Å². The van der Waals surface area contributed by atoms with Crippen molar-refractivity contribution in [2.75, 3.05) is 6.61 Å². The van der Waals surface area contributed by atoms with Crippen LogP contribution in [0.5, 0.6) is 0 Å². The quantitative estimate of drug-likeness (QED) is 0.779. The molecule has 0 radical (unpaired) electrons. The lowest BCUT2D eigenvalue weighted by Gasteiger charge is -2.24. The lowest BCUT2D eigenvalue weighted by molar-refractivity contribution is -0.0469. The van der Waals surface area contributed by atoms with E-state index in [1.165, 1.54) is 0 Å². The van der Waals surface area contributed by atoms with E-state index in [0.29, 0.717) is 12.4 Å². The average molecular weight is 217 g/mol. The number of halogens is 1. The number of hydrogen-bond acceptors (Lipinski definition) is 4. The average Bonchev–Trinajstić information content (AvgIpc) is 2.75. The Morgan fingerprint density at radius 3 is 2.71 bits per heavy atom. The summed E-state index contributed by atoms with van der Waals surface area (Å²) in [5.74, 6) is 0.599. The van der Waals surface area contributed by atoms with E-state index < -0.39 is 0 Å². The third-order valence-electron chi connectivity index (χ3n) is 2.64. The van der Waals surface area contributed by atoms with Crippen LogP contribution >= 0.6 is 11.6 Å². The lowest BCUT2D eigenvalue weighted by Crippen LogP contribution is -2.27. The summed E-state index contributed by atoms with van der Waals surface area (Å²) in [6.07, 6.45) is 4.20. The number of nitrogens with zero attached hydrogens (tertiary/aromatic N) is 2. The van der Waals surface area contributed by atoms with Crippen LogP contribution in [0.4, 0.5) is 0 Å². The van der Waals surface area contributed by atoms with Crippen molar-refractivity contribution in [2.24, 2.45) is 0 Å². The molecule has 1 fully saturated rings. The molecule has 1 aromatic heterocycles. The van der Waals surface area contributed by atoms with Crippen molar-refractivity contribution < 1.29 is 9.26 Å². The van der Waals surface area contributed by atoms with Gasteiger partial charge >= 0.3 is 5.35 Å². The van der Waals surface area contributed by atoms with Gasteiger partial charge in [-0.2, -0.15) is 4.98 Å². The highest BCUT2D eigenvalue weighted by Gasteiger charge is 2.40. The van der Waals surface area contributed by atoms with Crippen LogP contribution in [0.2, 0.25) is 5.35 Å². The van der Waals surface area contributed by atoms with Crippen molar-refractivity contribution in [1.82, 2.24) is 10.1 Å². The fourth-order valence-electron chi connectivity index (χ4n) is 2.04. The summed E-state index contributed by atoms with van der Waals surface area (Å²) >= 11 is 5.61. The summed E-state index contributed by atoms with van der Waals surface area (Å²) in [6, 6.07) is 0. The molecular formula is C9H13ClN2O2. The third-order valence-corrected chi connectivity index (χ3v) is 2.79. The molecule has 14 heavy (non-hydrogen) atoms. The Kier molecular flexibility index (Phi) is 2.74. The minimum atomic E-state index is -0.342. The van der Waals surface area contributed by atoms with Crippen LogP contribution in [0, 0.1) is 0 Å². The minimum Gasteiger partial charge on any atom is -0.367 e. The number of aromatic nitrogens is 2. The van der Waals surface area contributed by atoms with E-state index in [-0.39, 0.29) is 11.0 Å². The summed E-state index contributed by atoms with van der Waals surface area (Å²) in [7, 11) is 0. The zero-order valence-corrected chi connectivity index (χ0v) is 8.88. The minimum absolute atomic E-state index is 0.0889. The van der Waals surface area contributed by atoms with Crippen LogP contribution < -0.4 is 0 Å². The van der Waals surface area contributed by atoms with Crippen LogP contribution in [0.25, 0.3) is 0 Å². The highest BCUT2D eigenvalue weighted by molar-refractivity contribution is 6.27. The standard InChI is InChI=1S/C9H13ClN2O2/c1-2-13-9(5-3-4-6-9)7-11-8(10)14-12-7/h2-6H2,1H3. The molecule has 0 saturated heterocycles. The molecule has 1 saturated carbocycles. The van der Waals surface area contributed by atoms with Crippen LogP contribution in [0.15, 0.2) is 4.52 Å². The normalized spacial score (nSPS) is 20.1. The maximum Gasteiger partial charge on any atom is 0.320 e. The van der Waals surface area contributed by atoms with Crippen molar-refractivity contribution in [3.8, 4) is 0 Å². The molecule has 0 bridgehead atoms. The maximum absolute atomic E-state index is 5.75. The van der Waals surface area contributed by atoms with Gasteiger partial charge in [-0.1, -0.05) is 5.16 Å². The molecule has 1 aliphatic rings. The molecule has 78 valence electrons. The van der Waals surface area contributed by atoms with Gasteiger partial charge in [-0.15, -0.1) is 0 Å². The molecule has 0 aromatic carbocycles. The fourth-order valence-corrected chi connectivity index (χ4v) is 2.16. The van der Waals surface area contributed by atoms with E-state index in [2.05, 4.69) is 10.1 Å². The Labute approximate surface area is 87.6 Å². The molecule has 5 heteroatoms. The van der Waals surface area contributed by atoms with E-state index in [9.17, 15) is 0 Å². The van der Waals surface area contributed by atoms with Crippen LogP contribution in [-0.2, 0) is 10.3 Å². The largest absolute Gasteiger partial charge is 0.367 e. The molecule has 2 rings (SSSR count). The van der Waals surface area contributed by atoms with Crippen molar-refractivity contribution >= 4 is 11.6 Å². The number of hydrogen-bond donors (Lipinski definition) is 0. The second-order valence-corrected chi connectivity index (χ2v) is 3.83. The summed E-state index contributed by atoms with van der Waals surface area (Å²) in [5.41, 5.74) is -0.342. The smallest absolute Gasteiger partial charge is 0.320 e. The molecule has 1 aromatic rings. The third kappa shape index (κ3) is 1.64. The van der Waals surface area contributed by atoms with Gasteiger partial charge in [-0.05, 0) is 44.2 Å². The van der Waals surface area contributed by atoms with Crippen LogP contribution in [0.1, 0.15) is 38.4 Å². The van der Waals surface area contributed by atoms with Crippen molar-refractivity contribution in [3.63, 3.8) is 0 Å². The van der Waals surface area contributed by atoms with E-state index in [1.807, 2.05) is 6.92 Å². The van der Waals surface area contributed by atoms with Gasteiger partial charge in [0.15, 0.2) is 0 Å². The Hall–Kier alpha value is -0.610. The van der Waals surface area contributed by atoms with Gasteiger partial charge in [0.05, 0.1) is 0 Å². The number of rotatable bonds is 3. The Morgan fingerprint density at radius 2 is 2.21 bits per heavy atom. The fraction of sp³-hybridized carbons (Fsp3) is 0.778. The molecule has 0 unspecified atom stereocenters. The van der Waals surface area contributed by atoms with Crippen molar-refractivity contribution in [2.45, 2.75) is 38.2 Å². The van der Waals surface area contributed by atoms with E-state index >= 15 is 0 Å². The topological polar surface area (TPSA) is 48.2 Å². The van der Waals surface area contributed by atoms with E-state index in [1.54, 1.807) is 0 Å². The van der Waals surface area contributed by atoms with Gasteiger partial charge in [-0.25, -0.2) is 0 Å². The predicted octanol–water partition coefficient (Wildman–Crippen LogP) is 2.53. The zero-order valence-electron chi connectivity index (χ0n) is 8.12. The van der Waals surface area contributed by atoms with Crippen molar-refractivity contribution in [1.29, 1.82) is 0 Å². The lowest BCUT2D eigenvalue weighted by atomic mass is 10.0. The first-order chi connectivity index (χ1) is 6.77. The SMILES string of the molecule is CCOC1(c2noc(Cl)n2)CCCC1. The first-order valence-corrected chi connectivity index (χ1v) is 5.28. The summed E-state index contributed by atoms with van der Waals surface area (Å²) in [5, 5.41) is 3.93. The van der Waals surface area contributed by atoms with Gasteiger partial charge in [0.1, 0.15) is 5.60 Å². The first-order valence-electron chi connectivity index (χ1n) is 4.90. The molecular weight excluding hydrogens is 204 g/mol. The predicted molar refractivity (Wildman–Crippen MR) is 51.1 cm³/mol. The summed E-state index contributed by atoms with van der Waals surface area (Å²) < 4.78 is 10.5. The second kappa shape index (κ2) is 3.87. The Balaban J connectivity index is 2.26. The summed E-state index contributed by atoms with van der Waals surface area (Å²) in [6.45, 7) is 2.63. The molecule has 0 amide bonds. The molecule has 0 atom stereocenters. The van der Waals surface area contributed by atoms with Gasteiger partial charge in [0.25, 0.3) is 0 Å². The van der Waals surface area contributed by atoms with E-state index in [4.69, 9.17) is 20.9 Å². The second-order valence-electron chi connectivity index (χ2n) is 3.51. The zero-order chi connectivity index (χ0) is 10.0. The Bertz CT molecular complexity index is 308. The van der Waals surface area contributed by atoms with Gasteiger partial charge in [0.2, 0.25) is 5.82 Å². The molecule has 0 N–H and O–H groups in total. The molecule has 4 nitrogen and oxygen atoms in total. The van der Waals surface area contributed by atoms with Crippen LogP contribution in [-0.4, -0.2) is 16.7 Å². The molecule has 0 aliphatic heterocycles. The molecule has 1 aliphatic carbocycles. The number of ether oxygens (including phenoxy) is 1.